The normalized spacial score (nSPS) is 40.7. The molecule has 3 aliphatic rings. The lowest BCUT2D eigenvalue weighted by Gasteiger charge is -2.38. The third kappa shape index (κ3) is 1.43. The summed E-state index contributed by atoms with van der Waals surface area (Å²) in [4.78, 5) is 13.3. The van der Waals surface area contributed by atoms with Crippen molar-refractivity contribution in [2.24, 2.45) is 17.3 Å². The Labute approximate surface area is 137 Å². The van der Waals surface area contributed by atoms with E-state index in [1.54, 1.807) is 7.11 Å². The summed E-state index contributed by atoms with van der Waals surface area (Å²) in [6.07, 6.45) is 5.91. The summed E-state index contributed by atoms with van der Waals surface area (Å²) >= 11 is 0. The molecule has 5 atom stereocenters. The van der Waals surface area contributed by atoms with E-state index in [1.807, 2.05) is 32.1 Å². The van der Waals surface area contributed by atoms with Gasteiger partial charge in [0.2, 0.25) is 0 Å². The van der Waals surface area contributed by atoms with Crippen LogP contribution in [0.15, 0.2) is 24.3 Å². The van der Waals surface area contributed by atoms with Crippen molar-refractivity contribution >= 4 is 5.78 Å². The Kier molecular flexibility index (Phi) is 2.91. The highest BCUT2D eigenvalue weighted by molar-refractivity contribution is 6.07. The van der Waals surface area contributed by atoms with Crippen molar-refractivity contribution in [3.05, 3.63) is 41.0 Å². The van der Waals surface area contributed by atoms with Gasteiger partial charge in [0, 0.05) is 16.9 Å². The van der Waals surface area contributed by atoms with Crippen LogP contribution in [0.3, 0.4) is 0 Å². The fraction of sp³-hybridized carbons (Fsp3) is 0.550. The molecule has 0 aromatic heterocycles. The van der Waals surface area contributed by atoms with Gasteiger partial charge in [-0.25, -0.2) is 0 Å². The summed E-state index contributed by atoms with van der Waals surface area (Å²) in [6.45, 7) is 6.13. The molecule has 4 rings (SSSR count). The molecule has 3 nitrogen and oxygen atoms in total. The number of ketones is 1. The average molecular weight is 312 g/mol. The summed E-state index contributed by atoms with van der Waals surface area (Å²) < 4.78 is 5.48. The van der Waals surface area contributed by atoms with Gasteiger partial charge >= 0.3 is 0 Å². The molecule has 5 unspecified atom stereocenters. The Hall–Kier alpha value is -1.61. The molecule has 122 valence electrons. The summed E-state index contributed by atoms with van der Waals surface area (Å²) in [5.74, 6) is 1.25. The van der Waals surface area contributed by atoms with Gasteiger partial charge in [-0.05, 0) is 61.8 Å². The van der Waals surface area contributed by atoms with Crippen molar-refractivity contribution < 1.29 is 14.6 Å². The number of Topliss-reactive ketones (excluding diaryl/α,β-unsaturated/α-hetero) is 1. The van der Waals surface area contributed by atoms with E-state index >= 15 is 0 Å². The van der Waals surface area contributed by atoms with Crippen LogP contribution >= 0.6 is 0 Å². The standard InChI is InChI=1S/C20H24O3/c1-5-7-19-8-6-15-17(12(19)3)13-10-16(23-4)11(2)9-14(13)18(21)20(15,19)22/h5,7,9-10,12,15,17,22H,6,8H2,1-4H3. The maximum atomic E-state index is 13.3. The lowest BCUT2D eigenvalue weighted by atomic mass is 9.68. The highest BCUT2D eigenvalue weighted by Crippen LogP contribution is 2.72. The molecule has 0 aliphatic heterocycles. The number of methoxy groups -OCH3 is 1. The second-order valence-corrected chi connectivity index (χ2v) is 7.50. The maximum Gasteiger partial charge on any atom is 0.195 e. The van der Waals surface area contributed by atoms with Crippen molar-refractivity contribution in [1.29, 1.82) is 0 Å². The molecule has 3 aliphatic carbocycles. The van der Waals surface area contributed by atoms with Crippen LogP contribution in [0.25, 0.3) is 0 Å². The number of fused-ring (bicyclic) bond motifs is 2. The SMILES string of the molecule is CC=CC12CCC3C(c4cc(OC)c(C)cc4C(=O)C31O)C2C. The van der Waals surface area contributed by atoms with Gasteiger partial charge < -0.3 is 9.84 Å². The number of allylic oxidation sites excluding steroid dienone is 1. The Morgan fingerprint density at radius 1 is 1.39 bits per heavy atom. The Balaban J connectivity index is 2.01. The first-order valence-corrected chi connectivity index (χ1v) is 8.52. The highest BCUT2D eigenvalue weighted by atomic mass is 16.5. The number of carbonyl (C=O) groups excluding carboxylic acids is 1. The predicted molar refractivity (Wildman–Crippen MR) is 88.9 cm³/mol. The van der Waals surface area contributed by atoms with Gasteiger partial charge in [-0.15, -0.1) is 0 Å². The molecule has 1 aromatic carbocycles. The molecule has 0 radical (unpaired) electrons. The number of rotatable bonds is 2. The molecular weight excluding hydrogens is 288 g/mol. The molecule has 0 spiro atoms. The molecule has 0 saturated heterocycles. The lowest BCUT2D eigenvalue weighted by Crippen LogP contribution is -2.51. The first-order chi connectivity index (χ1) is 10.9. The van der Waals surface area contributed by atoms with Gasteiger partial charge in [0.25, 0.3) is 0 Å². The van der Waals surface area contributed by atoms with E-state index < -0.39 is 11.0 Å². The molecule has 4 bridgehead atoms. The number of hydrogen-bond acceptors (Lipinski definition) is 3. The number of benzene rings is 1. The zero-order valence-corrected chi connectivity index (χ0v) is 14.2. The van der Waals surface area contributed by atoms with Crippen LogP contribution in [0, 0.1) is 24.2 Å². The first kappa shape index (κ1) is 14.9. The van der Waals surface area contributed by atoms with Gasteiger partial charge in [-0.1, -0.05) is 19.1 Å². The predicted octanol–water partition coefficient (Wildman–Crippen LogP) is 3.64. The van der Waals surface area contributed by atoms with Gasteiger partial charge in [0.1, 0.15) is 11.4 Å². The fourth-order valence-corrected chi connectivity index (χ4v) is 5.95. The minimum atomic E-state index is -1.24. The van der Waals surface area contributed by atoms with Gasteiger partial charge in [0.15, 0.2) is 5.78 Å². The van der Waals surface area contributed by atoms with Crippen LogP contribution in [0.2, 0.25) is 0 Å². The van der Waals surface area contributed by atoms with Crippen molar-refractivity contribution in [3.8, 4) is 5.75 Å². The quantitative estimate of drug-likeness (QED) is 0.848. The van der Waals surface area contributed by atoms with E-state index in [1.165, 1.54) is 0 Å². The van der Waals surface area contributed by atoms with Crippen LogP contribution in [0.1, 0.15) is 54.1 Å². The molecule has 0 heterocycles. The molecule has 0 amide bonds. The number of aryl methyl sites for hydroxylation is 1. The number of ether oxygens (including phenoxy) is 1. The molecule has 2 saturated carbocycles. The third-order valence-electron chi connectivity index (χ3n) is 6.88. The van der Waals surface area contributed by atoms with E-state index in [4.69, 9.17) is 4.74 Å². The van der Waals surface area contributed by atoms with Gasteiger partial charge in [-0.3, -0.25) is 4.79 Å². The maximum absolute atomic E-state index is 13.3. The monoisotopic (exact) mass is 312 g/mol. The number of hydrogen-bond donors (Lipinski definition) is 1. The Morgan fingerprint density at radius 2 is 2.13 bits per heavy atom. The number of aliphatic hydroxyl groups is 1. The van der Waals surface area contributed by atoms with E-state index in [2.05, 4.69) is 13.0 Å². The van der Waals surface area contributed by atoms with Crippen LogP contribution in [0.4, 0.5) is 0 Å². The molecule has 23 heavy (non-hydrogen) atoms. The minimum absolute atomic E-state index is 0.0288. The number of carbonyl (C=O) groups is 1. The smallest absolute Gasteiger partial charge is 0.195 e. The van der Waals surface area contributed by atoms with E-state index in [-0.39, 0.29) is 23.5 Å². The molecule has 1 aromatic rings. The van der Waals surface area contributed by atoms with Crippen LogP contribution < -0.4 is 4.74 Å². The van der Waals surface area contributed by atoms with Crippen LogP contribution in [-0.2, 0) is 0 Å². The Bertz CT molecular complexity index is 735. The van der Waals surface area contributed by atoms with Gasteiger partial charge in [-0.2, -0.15) is 0 Å². The topological polar surface area (TPSA) is 46.5 Å². The van der Waals surface area contributed by atoms with E-state index in [9.17, 15) is 9.90 Å². The van der Waals surface area contributed by atoms with Gasteiger partial charge in [0.05, 0.1) is 7.11 Å². The van der Waals surface area contributed by atoms with E-state index in [0.717, 1.165) is 29.7 Å². The lowest BCUT2D eigenvalue weighted by molar-refractivity contribution is -0.0236. The average Bonchev–Trinajstić information content (AvgIpc) is 2.90. The fourth-order valence-electron chi connectivity index (χ4n) is 5.95. The second-order valence-electron chi connectivity index (χ2n) is 7.50. The summed E-state index contributed by atoms with van der Waals surface area (Å²) in [5, 5.41) is 11.6. The van der Waals surface area contributed by atoms with E-state index in [0.29, 0.717) is 5.56 Å². The highest BCUT2D eigenvalue weighted by Gasteiger charge is 2.75. The minimum Gasteiger partial charge on any atom is -0.496 e. The van der Waals surface area contributed by atoms with Crippen molar-refractivity contribution in [1.82, 2.24) is 0 Å². The molecular formula is C20H24O3. The summed E-state index contributed by atoms with van der Waals surface area (Å²) in [6, 6.07) is 3.95. The molecule has 1 N–H and O–H groups in total. The summed E-state index contributed by atoms with van der Waals surface area (Å²) in [7, 11) is 1.67. The van der Waals surface area contributed by atoms with Crippen molar-refractivity contribution in [3.63, 3.8) is 0 Å². The third-order valence-corrected chi connectivity index (χ3v) is 6.88. The molecule has 2 fully saturated rings. The largest absolute Gasteiger partial charge is 0.496 e. The first-order valence-electron chi connectivity index (χ1n) is 8.52. The second kappa shape index (κ2) is 4.47. The van der Waals surface area contributed by atoms with Crippen molar-refractivity contribution in [2.45, 2.75) is 45.1 Å². The molecule has 3 heteroatoms. The van der Waals surface area contributed by atoms with Crippen molar-refractivity contribution in [2.75, 3.05) is 7.11 Å². The Morgan fingerprint density at radius 3 is 2.78 bits per heavy atom. The van der Waals surface area contributed by atoms with Crippen LogP contribution in [-0.4, -0.2) is 23.6 Å². The zero-order valence-electron chi connectivity index (χ0n) is 14.2. The van der Waals surface area contributed by atoms with Crippen LogP contribution in [0.5, 0.6) is 5.75 Å². The summed E-state index contributed by atoms with van der Waals surface area (Å²) in [5.41, 5.74) is 1.06. The zero-order chi connectivity index (χ0) is 16.6.